The van der Waals surface area contributed by atoms with Gasteiger partial charge in [0.1, 0.15) is 5.82 Å². The third-order valence-corrected chi connectivity index (χ3v) is 5.45. The van der Waals surface area contributed by atoms with Gasteiger partial charge < -0.3 is 4.90 Å². The van der Waals surface area contributed by atoms with Crippen LogP contribution in [0, 0.1) is 0 Å². The van der Waals surface area contributed by atoms with Crippen LogP contribution in [0.2, 0.25) is 0 Å². The first kappa shape index (κ1) is 17.7. The van der Waals surface area contributed by atoms with E-state index in [-0.39, 0.29) is 11.2 Å². The zero-order valence-corrected chi connectivity index (χ0v) is 16.0. The van der Waals surface area contributed by atoms with Crippen molar-refractivity contribution in [3.05, 3.63) is 47.4 Å². The molecule has 0 bridgehead atoms. The predicted octanol–water partition coefficient (Wildman–Crippen LogP) is 3.73. The van der Waals surface area contributed by atoms with Gasteiger partial charge in [-0.2, -0.15) is 0 Å². The molecule has 5 nitrogen and oxygen atoms in total. The number of likely N-dealkylation sites (N-methyl/N-ethyl adjacent to an activating group) is 1. The van der Waals surface area contributed by atoms with Gasteiger partial charge in [0.25, 0.3) is 0 Å². The number of fused-ring (bicyclic) bond motifs is 1. The van der Waals surface area contributed by atoms with Crippen molar-refractivity contribution in [1.82, 2.24) is 15.2 Å². The standard InChI is InChI=1S/C19H24N4OS/c1-5-8-17-20-18(22-21-17)25-12-13(24)11-16-19(2,3)14-9-6-7-10-15(14)23(16)4/h6-7,9-11H,5,8,12H2,1-4H3,(H,20,21,22)/b16-11+. The normalized spacial score (nSPS) is 17.1. The summed E-state index contributed by atoms with van der Waals surface area (Å²) in [6, 6.07) is 8.31. The van der Waals surface area contributed by atoms with Crippen molar-refractivity contribution in [2.24, 2.45) is 0 Å². The molecule has 0 atom stereocenters. The lowest BCUT2D eigenvalue weighted by molar-refractivity contribution is -0.112. The number of aryl methyl sites for hydroxylation is 1. The summed E-state index contributed by atoms with van der Waals surface area (Å²) >= 11 is 1.38. The van der Waals surface area contributed by atoms with Crippen molar-refractivity contribution in [3.63, 3.8) is 0 Å². The number of rotatable bonds is 6. The van der Waals surface area contributed by atoms with E-state index in [4.69, 9.17) is 0 Å². The van der Waals surface area contributed by atoms with Crippen molar-refractivity contribution in [2.45, 2.75) is 44.2 Å². The molecule has 6 heteroatoms. The average molecular weight is 356 g/mol. The quantitative estimate of drug-likeness (QED) is 0.631. The Morgan fingerprint density at radius 1 is 1.36 bits per heavy atom. The molecule has 0 unspecified atom stereocenters. The highest BCUT2D eigenvalue weighted by molar-refractivity contribution is 7.99. The molecule has 0 saturated carbocycles. The second kappa shape index (κ2) is 7.04. The number of allylic oxidation sites excluding steroid dienone is 2. The topological polar surface area (TPSA) is 61.9 Å². The van der Waals surface area contributed by atoms with E-state index >= 15 is 0 Å². The van der Waals surface area contributed by atoms with E-state index in [0.717, 1.165) is 30.1 Å². The molecule has 1 aromatic heterocycles. The first-order valence-electron chi connectivity index (χ1n) is 8.55. The Labute approximate surface area is 152 Å². The molecule has 1 aliphatic rings. The molecule has 2 aromatic rings. The predicted molar refractivity (Wildman–Crippen MR) is 102 cm³/mol. The number of ketones is 1. The number of anilines is 1. The Kier molecular flexibility index (Phi) is 4.99. The first-order chi connectivity index (χ1) is 11.9. The van der Waals surface area contributed by atoms with Gasteiger partial charge in [-0.3, -0.25) is 9.89 Å². The van der Waals surface area contributed by atoms with Crippen LogP contribution in [0.5, 0.6) is 0 Å². The lowest BCUT2D eigenvalue weighted by Gasteiger charge is -2.23. The average Bonchev–Trinajstić information content (AvgIpc) is 3.11. The molecule has 132 valence electrons. The number of benzene rings is 1. The lowest BCUT2D eigenvalue weighted by Crippen LogP contribution is -2.24. The van der Waals surface area contributed by atoms with Gasteiger partial charge in [0, 0.05) is 36.3 Å². The number of hydrogen-bond donors (Lipinski definition) is 1. The Bertz CT molecular complexity index is 809. The van der Waals surface area contributed by atoms with Gasteiger partial charge in [-0.05, 0) is 18.1 Å². The number of aromatic amines is 1. The van der Waals surface area contributed by atoms with Crippen molar-refractivity contribution in [2.75, 3.05) is 17.7 Å². The highest BCUT2D eigenvalue weighted by Gasteiger charge is 2.38. The SMILES string of the molecule is CCCc1nc(SCC(=O)/C=C2/N(C)c3ccccc3C2(C)C)n[nH]1. The van der Waals surface area contributed by atoms with E-state index in [0.29, 0.717) is 10.9 Å². The van der Waals surface area contributed by atoms with Gasteiger partial charge in [0.2, 0.25) is 5.16 Å². The van der Waals surface area contributed by atoms with Crippen molar-refractivity contribution in [1.29, 1.82) is 0 Å². The van der Waals surface area contributed by atoms with E-state index in [9.17, 15) is 4.79 Å². The Morgan fingerprint density at radius 3 is 2.84 bits per heavy atom. The smallest absolute Gasteiger partial charge is 0.208 e. The number of aromatic nitrogens is 3. The molecular formula is C19H24N4OS. The fourth-order valence-electron chi connectivity index (χ4n) is 3.28. The fraction of sp³-hybridized carbons (Fsp3) is 0.421. The summed E-state index contributed by atoms with van der Waals surface area (Å²) in [5.74, 6) is 1.30. The second-order valence-electron chi connectivity index (χ2n) is 6.80. The largest absolute Gasteiger partial charge is 0.347 e. The summed E-state index contributed by atoms with van der Waals surface area (Å²) in [5, 5.41) is 7.71. The van der Waals surface area contributed by atoms with Gasteiger partial charge in [0.05, 0.1) is 5.75 Å². The molecule has 0 saturated heterocycles. The molecule has 0 aliphatic carbocycles. The van der Waals surface area contributed by atoms with Crippen LogP contribution in [0.4, 0.5) is 5.69 Å². The van der Waals surface area contributed by atoms with Crippen LogP contribution >= 0.6 is 11.8 Å². The molecule has 0 amide bonds. The van der Waals surface area contributed by atoms with Gasteiger partial charge in [-0.15, -0.1) is 5.10 Å². The summed E-state index contributed by atoms with van der Waals surface area (Å²) < 4.78 is 0. The summed E-state index contributed by atoms with van der Waals surface area (Å²) in [6.07, 6.45) is 3.67. The zero-order chi connectivity index (χ0) is 18.0. The molecule has 1 aliphatic heterocycles. The van der Waals surface area contributed by atoms with Crippen LogP contribution in [0.25, 0.3) is 0 Å². The number of H-pyrrole nitrogens is 1. The van der Waals surface area contributed by atoms with Crippen molar-refractivity contribution in [3.8, 4) is 0 Å². The maximum absolute atomic E-state index is 12.5. The summed E-state index contributed by atoms with van der Waals surface area (Å²) in [6.45, 7) is 6.42. The maximum atomic E-state index is 12.5. The minimum absolute atomic E-state index is 0.0783. The van der Waals surface area contributed by atoms with E-state index in [1.54, 1.807) is 6.08 Å². The van der Waals surface area contributed by atoms with E-state index in [1.165, 1.54) is 17.3 Å². The van der Waals surface area contributed by atoms with Crippen molar-refractivity contribution < 1.29 is 4.79 Å². The number of carbonyl (C=O) groups excluding carboxylic acids is 1. The first-order valence-corrected chi connectivity index (χ1v) is 9.54. The molecule has 2 heterocycles. The summed E-state index contributed by atoms with van der Waals surface area (Å²) in [5.41, 5.74) is 3.27. The van der Waals surface area contributed by atoms with E-state index in [1.807, 2.05) is 19.2 Å². The summed E-state index contributed by atoms with van der Waals surface area (Å²) in [4.78, 5) is 19.0. The second-order valence-corrected chi connectivity index (χ2v) is 7.74. The third kappa shape index (κ3) is 3.49. The number of nitrogens with one attached hydrogen (secondary N) is 1. The van der Waals surface area contributed by atoms with Crippen LogP contribution in [-0.4, -0.2) is 33.8 Å². The number of nitrogens with zero attached hydrogens (tertiary/aromatic N) is 3. The monoisotopic (exact) mass is 356 g/mol. The minimum Gasteiger partial charge on any atom is -0.347 e. The van der Waals surface area contributed by atoms with Crippen LogP contribution in [0.1, 0.15) is 38.6 Å². The number of carbonyl (C=O) groups is 1. The Balaban J connectivity index is 1.71. The third-order valence-electron chi connectivity index (χ3n) is 4.58. The molecule has 3 rings (SSSR count). The Morgan fingerprint density at radius 2 is 2.12 bits per heavy atom. The van der Waals surface area contributed by atoms with E-state index in [2.05, 4.69) is 53.0 Å². The van der Waals surface area contributed by atoms with Crippen LogP contribution in [-0.2, 0) is 16.6 Å². The highest BCUT2D eigenvalue weighted by atomic mass is 32.2. The molecule has 0 radical (unpaired) electrons. The highest BCUT2D eigenvalue weighted by Crippen LogP contribution is 2.46. The van der Waals surface area contributed by atoms with Gasteiger partial charge in [0.15, 0.2) is 5.78 Å². The molecular weight excluding hydrogens is 332 g/mol. The van der Waals surface area contributed by atoms with Gasteiger partial charge in [-0.1, -0.05) is 50.7 Å². The van der Waals surface area contributed by atoms with Crippen LogP contribution in [0.15, 0.2) is 41.2 Å². The van der Waals surface area contributed by atoms with Crippen LogP contribution < -0.4 is 4.90 Å². The van der Waals surface area contributed by atoms with Gasteiger partial charge >= 0.3 is 0 Å². The number of hydrogen-bond acceptors (Lipinski definition) is 5. The zero-order valence-electron chi connectivity index (χ0n) is 15.2. The van der Waals surface area contributed by atoms with Gasteiger partial charge in [-0.25, -0.2) is 4.98 Å². The summed E-state index contributed by atoms with van der Waals surface area (Å²) in [7, 11) is 2.02. The molecule has 0 spiro atoms. The number of para-hydroxylation sites is 1. The van der Waals surface area contributed by atoms with Crippen LogP contribution in [0.3, 0.4) is 0 Å². The molecule has 25 heavy (non-hydrogen) atoms. The maximum Gasteiger partial charge on any atom is 0.208 e. The molecule has 0 fully saturated rings. The molecule has 1 N–H and O–H groups in total. The van der Waals surface area contributed by atoms with E-state index < -0.39 is 0 Å². The lowest BCUT2D eigenvalue weighted by atomic mass is 9.83. The fourth-order valence-corrected chi connectivity index (χ4v) is 3.92. The van der Waals surface area contributed by atoms with Crippen molar-refractivity contribution >= 4 is 23.2 Å². The minimum atomic E-state index is -0.176. The molecule has 1 aromatic carbocycles. The Hall–Kier alpha value is -2.08. The number of thioether (sulfide) groups is 1.